The number of methoxy groups -OCH3 is 1. The number of likely N-dealkylation sites (N-methyl/N-ethyl adjacent to an activating group) is 1. The lowest BCUT2D eigenvalue weighted by Crippen LogP contribution is -2.42. The molecule has 1 saturated heterocycles. The highest BCUT2D eigenvalue weighted by Gasteiger charge is 2.30. The van der Waals surface area contributed by atoms with Crippen molar-refractivity contribution in [1.82, 2.24) is 9.97 Å². The Kier molecular flexibility index (Phi) is 8.08. The van der Waals surface area contributed by atoms with E-state index in [1.54, 1.807) is 25.3 Å². The van der Waals surface area contributed by atoms with Gasteiger partial charge in [0.1, 0.15) is 18.2 Å². The van der Waals surface area contributed by atoms with Gasteiger partial charge in [0.2, 0.25) is 17.8 Å². The molecule has 0 atom stereocenters. The van der Waals surface area contributed by atoms with E-state index in [1.165, 1.54) is 6.42 Å². The summed E-state index contributed by atoms with van der Waals surface area (Å²) in [5.74, 6) is 0.915. The van der Waals surface area contributed by atoms with Crippen LogP contribution in [0.3, 0.4) is 0 Å². The third-order valence-electron chi connectivity index (χ3n) is 6.84. The summed E-state index contributed by atoms with van der Waals surface area (Å²) in [5.41, 5.74) is 3.73. The van der Waals surface area contributed by atoms with Gasteiger partial charge < -0.3 is 30.1 Å². The largest absolute Gasteiger partial charge is 0.494 e. The maximum absolute atomic E-state index is 12.8. The topological polar surface area (TPSA) is 103 Å². The number of halogens is 2. The maximum Gasteiger partial charge on any atom is 0.246 e. The zero-order valence-electron chi connectivity index (χ0n) is 21.7. The zero-order chi connectivity index (χ0) is 27.5. The second-order valence-corrected chi connectivity index (χ2v) is 10.4. The van der Waals surface area contributed by atoms with Crippen LogP contribution in [0.4, 0.5) is 40.2 Å². The normalized spacial score (nSPS) is 15.2. The molecule has 3 heterocycles. The van der Waals surface area contributed by atoms with Crippen LogP contribution in [0, 0.1) is 0 Å². The summed E-state index contributed by atoms with van der Waals surface area (Å²) in [4.78, 5) is 40.0. The molecule has 0 aliphatic carbocycles. The molecule has 5 rings (SSSR count). The summed E-state index contributed by atoms with van der Waals surface area (Å²) in [7, 11) is 3.36. The number of ether oxygens (including phenoxy) is 1. The third-order valence-corrected chi connectivity index (χ3v) is 7.64. The van der Waals surface area contributed by atoms with Crippen LogP contribution in [-0.2, 0) is 9.59 Å². The van der Waals surface area contributed by atoms with Crippen molar-refractivity contribution in [1.29, 1.82) is 0 Å². The van der Waals surface area contributed by atoms with Gasteiger partial charge in [-0.05, 0) is 53.4 Å². The molecule has 0 unspecified atom stereocenters. The fourth-order valence-corrected chi connectivity index (χ4v) is 5.34. The van der Waals surface area contributed by atoms with Crippen molar-refractivity contribution in [3.05, 3.63) is 47.1 Å². The number of piperidine rings is 1. The molecule has 1 fully saturated rings. The molecule has 2 aliphatic rings. The first-order valence-electron chi connectivity index (χ1n) is 12.6. The fourth-order valence-electron chi connectivity index (χ4n) is 4.87. The van der Waals surface area contributed by atoms with Crippen molar-refractivity contribution in [3.63, 3.8) is 0 Å². The van der Waals surface area contributed by atoms with Gasteiger partial charge in [0, 0.05) is 32.4 Å². The monoisotopic (exact) mass is 613 g/mol. The number of hydrogen-bond acceptors (Lipinski definition) is 8. The number of amides is 2. The average Bonchev–Trinajstić information content (AvgIpc) is 2.96. The van der Waals surface area contributed by atoms with Crippen molar-refractivity contribution in [2.45, 2.75) is 19.3 Å². The van der Waals surface area contributed by atoms with E-state index in [9.17, 15) is 9.59 Å². The zero-order valence-corrected chi connectivity index (χ0v) is 24.0. The number of carbonyl (C=O) groups excluding carboxylic acids is 2. The molecule has 0 saturated carbocycles. The van der Waals surface area contributed by atoms with Crippen LogP contribution in [-0.4, -0.2) is 61.5 Å². The number of anilines is 7. The molecule has 2 N–H and O–H groups in total. The Labute approximate surface area is 240 Å². The highest BCUT2D eigenvalue weighted by Crippen LogP contribution is 2.41. The average molecular weight is 615 g/mol. The molecule has 12 heteroatoms. The third kappa shape index (κ3) is 5.60. The SMILES string of the molecule is COc1cc(N2CCCCC2)c(NC(=O)CCl)cc1Nc1ncc(Br)c(N2CC(=O)N(C)c3ccccc32)n1. The molecular formula is C27H29BrClN7O3. The van der Waals surface area contributed by atoms with Crippen molar-refractivity contribution in [2.75, 3.05) is 65.0 Å². The number of carbonyl (C=O) groups is 2. The van der Waals surface area contributed by atoms with Gasteiger partial charge in [0.25, 0.3) is 0 Å². The maximum atomic E-state index is 12.8. The number of para-hydroxylation sites is 2. The second kappa shape index (κ2) is 11.7. The molecule has 10 nitrogen and oxygen atoms in total. The number of alkyl halides is 1. The predicted octanol–water partition coefficient (Wildman–Crippen LogP) is 5.27. The highest BCUT2D eigenvalue weighted by atomic mass is 79.9. The van der Waals surface area contributed by atoms with Gasteiger partial charge in [0.05, 0.1) is 40.0 Å². The van der Waals surface area contributed by atoms with Gasteiger partial charge in [-0.25, -0.2) is 4.98 Å². The lowest BCUT2D eigenvalue weighted by Gasteiger charge is -2.35. The molecule has 2 aliphatic heterocycles. The molecule has 0 bridgehead atoms. The van der Waals surface area contributed by atoms with Crippen molar-refractivity contribution >= 4 is 79.5 Å². The number of benzene rings is 2. The molecule has 3 aromatic rings. The Bertz CT molecular complexity index is 1400. The van der Waals surface area contributed by atoms with Crippen molar-refractivity contribution in [2.24, 2.45) is 0 Å². The van der Waals surface area contributed by atoms with Crippen LogP contribution in [0.2, 0.25) is 0 Å². The van der Waals surface area contributed by atoms with Crippen LogP contribution in [0.15, 0.2) is 47.1 Å². The summed E-state index contributed by atoms with van der Waals surface area (Å²) < 4.78 is 6.37. The lowest BCUT2D eigenvalue weighted by atomic mass is 10.1. The lowest BCUT2D eigenvalue weighted by molar-refractivity contribution is -0.117. The Morgan fingerprint density at radius 3 is 2.56 bits per heavy atom. The van der Waals surface area contributed by atoms with Gasteiger partial charge in [-0.3, -0.25) is 9.59 Å². The molecule has 39 heavy (non-hydrogen) atoms. The van der Waals surface area contributed by atoms with Crippen LogP contribution in [0.25, 0.3) is 0 Å². The van der Waals surface area contributed by atoms with Gasteiger partial charge in [0.15, 0.2) is 5.82 Å². The Balaban J connectivity index is 1.52. The molecule has 204 valence electrons. The van der Waals surface area contributed by atoms with Crippen molar-refractivity contribution in [3.8, 4) is 5.75 Å². The number of rotatable bonds is 7. The molecule has 1 aromatic heterocycles. The predicted molar refractivity (Wildman–Crippen MR) is 158 cm³/mol. The number of fused-ring (bicyclic) bond motifs is 1. The van der Waals surface area contributed by atoms with Gasteiger partial charge in [-0.15, -0.1) is 11.6 Å². The summed E-state index contributed by atoms with van der Waals surface area (Å²) in [5, 5.41) is 6.16. The van der Waals surface area contributed by atoms with Crippen LogP contribution >= 0.6 is 27.5 Å². The van der Waals surface area contributed by atoms with Crippen LogP contribution < -0.4 is 30.1 Å². The first kappa shape index (κ1) is 27.0. The highest BCUT2D eigenvalue weighted by molar-refractivity contribution is 9.10. The van der Waals surface area contributed by atoms with Crippen LogP contribution in [0.1, 0.15) is 19.3 Å². The van der Waals surface area contributed by atoms with Crippen LogP contribution in [0.5, 0.6) is 5.75 Å². The van der Waals surface area contributed by atoms with Gasteiger partial charge in [-0.2, -0.15) is 4.98 Å². The van der Waals surface area contributed by atoms with E-state index in [1.807, 2.05) is 41.3 Å². The quantitative estimate of drug-likeness (QED) is 0.347. The summed E-state index contributed by atoms with van der Waals surface area (Å²) >= 11 is 9.36. The number of hydrogen-bond donors (Lipinski definition) is 2. The number of aromatic nitrogens is 2. The molecule has 0 radical (unpaired) electrons. The Morgan fingerprint density at radius 2 is 1.85 bits per heavy atom. The smallest absolute Gasteiger partial charge is 0.246 e. The van der Waals surface area contributed by atoms with Gasteiger partial charge in [-0.1, -0.05) is 12.1 Å². The second-order valence-electron chi connectivity index (χ2n) is 9.32. The summed E-state index contributed by atoms with van der Waals surface area (Å²) in [6.45, 7) is 1.92. The van der Waals surface area contributed by atoms with E-state index in [0.29, 0.717) is 33.4 Å². The van der Waals surface area contributed by atoms with E-state index in [-0.39, 0.29) is 24.2 Å². The molecule has 2 amide bonds. The summed E-state index contributed by atoms with van der Waals surface area (Å²) in [6, 6.07) is 11.4. The van der Waals surface area contributed by atoms with E-state index in [4.69, 9.17) is 21.3 Å². The summed E-state index contributed by atoms with van der Waals surface area (Å²) in [6.07, 6.45) is 4.99. The fraction of sp³-hybridized carbons (Fsp3) is 0.333. The van der Waals surface area contributed by atoms with E-state index in [0.717, 1.165) is 43.0 Å². The van der Waals surface area contributed by atoms with Gasteiger partial charge >= 0.3 is 0 Å². The minimum Gasteiger partial charge on any atom is -0.494 e. The van der Waals surface area contributed by atoms with E-state index in [2.05, 4.69) is 36.4 Å². The Morgan fingerprint density at radius 1 is 1.10 bits per heavy atom. The standard InChI is InChI=1S/C27H29BrClN7O3/c1-34-20-8-4-5-9-21(20)36(16-25(34)38)26-17(28)15-30-27(33-26)32-19-12-18(31-24(37)14-29)22(13-23(19)39-2)35-10-6-3-7-11-35/h4-5,8-9,12-13,15H,3,6-7,10-11,14,16H2,1-2H3,(H,31,37)(H,30,32,33). The minimum absolute atomic E-state index is 0.0524. The first-order chi connectivity index (χ1) is 18.9. The molecule has 0 spiro atoms. The minimum atomic E-state index is -0.299. The Hall–Kier alpha value is -3.57. The molecular weight excluding hydrogens is 586 g/mol. The van der Waals surface area contributed by atoms with E-state index >= 15 is 0 Å². The van der Waals surface area contributed by atoms with E-state index < -0.39 is 0 Å². The first-order valence-corrected chi connectivity index (χ1v) is 14.0. The number of nitrogens with zero attached hydrogens (tertiary/aromatic N) is 5. The molecule has 2 aromatic carbocycles. The number of nitrogens with one attached hydrogen (secondary N) is 2. The van der Waals surface area contributed by atoms with Crippen molar-refractivity contribution < 1.29 is 14.3 Å².